The molecule has 1 fully saturated rings. The van der Waals surface area contributed by atoms with Crippen molar-refractivity contribution in [2.75, 3.05) is 39.6 Å². The predicted molar refractivity (Wildman–Crippen MR) is 117 cm³/mol. The maximum absolute atomic E-state index is 13.2. The highest BCUT2D eigenvalue weighted by Gasteiger charge is 2.25. The van der Waals surface area contributed by atoms with E-state index in [2.05, 4.69) is 4.90 Å². The lowest BCUT2D eigenvalue weighted by Gasteiger charge is -2.35. The normalized spacial score (nSPS) is 15.8. The Morgan fingerprint density at radius 3 is 2.62 bits per heavy atom. The van der Waals surface area contributed by atoms with E-state index >= 15 is 0 Å². The monoisotopic (exact) mass is 436 g/mol. The molecule has 32 heavy (non-hydrogen) atoms. The summed E-state index contributed by atoms with van der Waals surface area (Å²) in [6.07, 6.45) is 0. The molecule has 1 saturated heterocycles. The molecule has 8 heteroatoms. The van der Waals surface area contributed by atoms with Crippen LogP contribution in [-0.2, 0) is 6.54 Å². The second kappa shape index (κ2) is 8.55. The predicted octanol–water partition coefficient (Wildman–Crippen LogP) is 2.88. The van der Waals surface area contributed by atoms with Gasteiger partial charge in [0.05, 0.1) is 12.2 Å². The number of carbonyl (C=O) groups excluding carboxylic acids is 1. The molecule has 0 spiro atoms. The van der Waals surface area contributed by atoms with E-state index in [-0.39, 0.29) is 12.7 Å². The molecule has 3 heterocycles. The zero-order valence-corrected chi connectivity index (χ0v) is 17.8. The summed E-state index contributed by atoms with van der Waals surface area (Å²) in [5, 5.41) is 0.612. The van der Waals surface area contributed by atoms with Crippen LogP contribution in [0.3, 0.4) is 0 Å². The number of piperazine rings is 1. The first-order chi connectivity index (χ1) is 15.6. The number of amides is 1. The molecule has 2 aliphatic rings. The fraction of sp³-hybridized carbons (Fsp3) is 0.333. The second-order valence-corrected chi connectivity index (χ2v) is 7.83. The van der Waals surface area contributed by atoms with Gasteiger partial charge in [0.25, 0.3) is 5.91 Å². The van der Waals surface area contributed by atoms with E-state index in [1.807, 2.05) is 25.1 Å². The first-order valence-electron chi connectivity index (χ1n) is 10.7. The van der Waals surface area contributed by atoms with E-state index in [4.69, 9.17) is 18.6 Å². The number of hydrogen-bond donors (Lipinski definition) is 0. The first kappa shape index (κ1) is 20.4. The number of carbonyl (C=O) groups is 1. The van der Waals surface area contributed by atoms with E-state index in [9.17, 15) is 9.59 Å². The zero-order valence-electron chi connectivity index (χ0n) is 17.8. The summed E-state index contributed by atoms with van der Waals surface area (Å²) in [6, 6.07) is 12.5. The van der Waals surface area contributed by atoms with Gasteiger partial charge >= 0.3 is 5.63 Å². The van der Waals surface area contributed by atoms with Crippen molar-refractivity contribution < 1.29 is 23.4 Å². The minimum Gasteiger partial charge on any atom is -0.494 e. The summed E-state index contributed by atoms with van der Waals surface area (Å²) in [6.45, 7) is 6.08. The highest BCUT2D eigenvalue weighted by Crippen LogP contribution is 2.33. The molecule has 0 atom stereocenters. The lowest BCUT2D eigenvalue weighted by atomic mass is 10.1. The molecule has 1 aromatic heterocycles. The molecule has 5 rings (SSSR count). The van der Waals surface area contributed by atoms with Gasteiger partial charge in [-0.2, -0.15) is 0 Å². The smallest absolute Gasteiger partial charge is 0.337 e. The van der Waals surface area contributed by atoms with Gasteiger partial charge in [-0.05, 0) is 36.8 Å². The van der Waals surface area contributed by atoms with Gasteiger partial charge in [-0.15, -0.1) is 0 Å². The molecule has 3 aromatic rings. The Balaban J connectivity index is 1.28. The molecule has 0 saturated carbocycles. The van der Waals surface area contributed by atoms with Crippen LogP contribution in [0, 0.1) is 0 Å². The van der Waals surface area contributed by atoms with E-state index in [0.29, 0.717) is 42.0 Å². The van der Waals surface area contributed by atoms with Gasteiger partial charge in [-0.25, -0.2) is 4.79 Å². The number of fused-ring (bicyclic) bond motifs is 2. The molecule has 0 aliphatic carbocycles. The van der Waals surface area contributed by atoms with Crippen molar-refractivity contribution >= 4 is 16.9 Å². The van der Waals surface area contributed by atoms with Crippen LogP contribution in [0.5, 0.6) is 17.2 Å². The molecule has 0 unspecified atom stereocenters. The van der Waals surface area contributed by atoms with Crippen LogP contribution in [0.25, 0.3) is 11.0 Å². The summed E-state index contributed by atoms with van der Waals surface area (Å²) < 4.78 is 21.6. The molecule has 8 nitrogen and oxygen atoms in total. The number of benzene rings is 2. The SMILES string of the molecule is CCOc1ccc2c(C(=O)N3CCN(Cc4ccc5c(c4)OCO5)CC3)cc(=O)oc2c1. The molecule has 0 bridgehead atoms. The van der Waals surface area contributed by atoms with Gasteiger partial charge < -0.3 is 23.5 Å². The number of nitrogens with zero attached hydrogens (tertiary/aromatic N) is 2. The Labute approximate surface area is 184 Å². The molecular formula is C24H24N2O6. The average molecular weight is 436 g/mol. The number of rotatable bonds is 5. The summed E-state index contributed by atoms with van der Waals surface area (Å²) >= 11 is 0. The Morgan fingerprint density at radius 1 is 1.00 bits per heavy atom. The van der Waals surface area contributed by atoms with Crippen molar-refractivity contribution in [3.8, 4) is 17.2 Å². The third kappa shape index (κ3) is 4.01. The van der Waals surface area contributed by atoms with Crippen LogP contribution < -0.4 is 19.8 Å². The molecule has 2 aliphatic heterocycles. The van der Waals surface area contributed by atoms with Crippen molar-refractivity contribution in [2.24, 2.45) is 0 Å². The van der Waals surface area contributed by atoms with Gasteiger partial charge in [0.2, 0.25) is 6.79 Å². The topological polar surface area (TPSA) is 81.5 Å². The first-order valence-corrected chi connectivity index (χ1v) is 10.7. The second-order valence-electron chi connectivity index (χ2n) is 7.83. The number of ether oxygens (including phenoxy) is 3. The van der Waals surface area contributed by atoms with Crippen LogP contribution >= 0.6 is 0 Å². The van der Waals surface area contributed by atoms with Crippen LogP contribution in [-0.4, -0.2) is 55.3 Å². The summed E-state index contributed by atoms with van der Waals surface area (Å²) in [4.78, 5) is 29.4. The Bertz CT molecular complexity index is 1210. The third-order valence-electron chi connectivity index (χ3n) is 5.76. The van der Waals surface area contributed by atoms with Crippen LogP contribution in [0.4, 0.5) is 0 Å². The number of hydrogen-bond acceptors (Lipinski definition) is 7. The van der Waals surface area contributed by atoms with Gasteiger partial charge in [0, 0.05) is 50.2 Å². The molecule has 0 radical (unpaired) electrons. The molecule has 166 valence electrons. The van der Waals surface area contributed by atoms with Gasteiger partial charge in [0.1, 0.15) is 11.3 Å². The lowest BCUT2D eigenvalue weighted by Crippen LogP contribution is -2.48. The highest BCUT2D eigenvalue weighted by molar-refractivity contribution is 6.05. The molecule has 1 amide bonds. The van der Waals surface area contributed by atoms with E-state index < -0.39 is 5.63 Å². The van der Waals surface area contributed by atoms with E-state index in [0.717, 1.165) is 36.7 Å². The fourth-order valence-electron chi connectivity index (χ4n) is 4.15. The minimum atomic E-state index is -0.545. The standard InChI is InChI=1S/C24H24N2O6/c1-2-29-17-4-5-18-19(13-23(27)32-21(18)12-17)24(28)26-9-7-25(8-10-26)14-16-3-6-20-22(11-16)31-15-30-20/h3-6,11-13H,2,7-10,14-15H2,1H3. The maximum atomic E-state index is 13.2. The van der Waals surface area contributed by atoms with E-state index in [1.54, 1.807) is 23.1 Å². The van der Waals surface area contributed by atoms with Crippen LogP contribution in [0.2, 0.25) is 0 Å². The summed E-state index contributed by atoms with van der Waals surface area (Å²) in [5.74, 6) is 2.00. The van der Waals surface area contributed by atoms with Gasteiger partial charge in [-0.3, -0.25) is 9.69 Å². The quantitative estimate of drug-likeness (QED) is 0.569. The van der Waals surface area contributed by atoms with Gasteiger partial charge in [-0.1, -0.05) is 6.07 Å². The van der Waals surface area contributed by atoms with Crippen molar-refractivity contribution in [3.63, 3.8) is 0 Å². The van der Waals surface area contributed by atoms with Gasteiger partial charge in [0.15, 0.2) is 11.5 Å². The third-order valence-corrected chi connectivity index (χ3v) is 5.76. The van der Waals surface area contributed by atoms with E-state index in [1.165, 1.54) is 6.07 Å². The van der Waals surface area contributed by atoms with Crippen molar-refractivity contribution in [1.82, 2.24) is 9.80 Å². The maximum Gasteiger partial charge on any atom is 0.337 e. The zero-order chi connectivity index (χ0) is 22.1. The molecule has 2 aromatic carbocycles. The largest absolute Gasteiger partial charge is 0.494 e. The molecular weight excluding hydrogens is 412 g/mol. The van der Waals surface area contributed by atoms with Crippen molar-refractivity contribution in [1.29, 1.82) is 0 Å². The molecule has 0 N–H and O–H groups in total. The average Bonchev–Trinajstić information content (AvgIpc) is 3.26. The summed E-state index contributed by atoms with van der Waals surface area (Å²) in [5.41, 5.74) is 1.32. The van der Waals surface area contributed by atoms with Crippen molar-refractivity contribution in [2.45, 2.75) is 13.5 Å². The van der Waals surface area contributed by atoms with Crippen LogP contribution in [0.15, 0.2) is 51.7 Å². The Kier molecular flexibility index (Phi) is 5.45. The summed E-state index contributed by atoms with van der Waals surface area (Å²) in [7, 11) is 0. The van der Waals surface area contributed by atoms with Crippen molar-refractivity contribution in [3.05, 3.63) is 64.0 Å². The Hall–Kier alpha value is -3.52. The Morgan fingerprint density at radius 2 is 1.81 bits per heavy atom. The minimum absolute atomic E-state index is 0.158. The van der Waals surface area contributed by atoms with Crippen LogP contribution in [0.1, 0.15) is 22.8 Å². The highest BCUT2D eigenvalue weighted by atomic mass is 16.7. The lowest BCUT2D eigenvalue weighted by molar-refractivity contribution is 0.0629. The fourth-order valence-corrected chi connectivity index (χ4v) is 4.15.